The Hall–Kier alpha value is -2.09. The molecule has 1 heterocycles. The molecule has 0 atom stereocenters. The van der Waals surface area contributed by atoms with E-state index in [4.69, 9.17) is 9.47 Å². The first kappa shape index (κ1) is 14.3. The molecule has 8 heteroatoms. The van der Waals surface area contributed by atoms with E-state index in [0.29, 0.717) is 38.2 Å². The number of hydrogen-bond acceptors (Lipinski definition) is 5. The highest BCUT2D eigenvalue weighted by Gasteiger charge is 2.27. The fourth-order valence-corrected chi connectivity index (χ4v) is 1.86. The number of rotatable bonds is 3. The molecular weight excluding hydrogens is 276 g/mol. The van der Waals surface area contributed by atoms with E-state index in [2.05, 4.69) is 0 Å². The number of ether oxygens (including phenoxy) is 2. The molecule has 1 aromatic rings. The Kier molecular flexibility index (Phi) is 4.23. The summed E-state index contributed by atoms with van der Waals surface area (Å²) in [5.74, 6) is -3.58. The molecule has 0 spiro atoms. The predicted molar refractivity (Wildman–Crippen MR) is 62.3 cm³/mol. The van der Waals surface area contributed by atoms with Crippen molar-refractivity contribution in [3.63, 3.8) is 0 Å². The van der Waals surface area contributed by atoms with E-state index in [0.717, 1.165) is 0 Å². The van der Waals surface area contributed by atoms with Crippen LogP contribution in [0.2, 0.25) is 0 Å². The van der Waals surface area contributed by atoms with Gasteiger partial charge in [0.1, 0.15) is 17.5 Å². The van der Waals surface area contributed by atoms with Crippen molar-refractivity contribution < 1.29 is 28.0 Å². The lowest BCUT2D eigenvalue weighted by Gasteiger charge is -2.22. The van der Waals surface area contributed by atoms with Crippen LogP contribution in [0.15, 0.2) is 12.1 Å². The lowest BCUT2D eigenvalue weighted by molar-refractivity contribution is -0.387. The molecule has 0 bridgehead atoms. The SMILES string of the molecule is O=C(OC1CCOCC1)c1cc(F)cc([N+](=O)[O-])c1F. The molecule has 6 nitrogen and oxygen atoms in total. The molecule has 1 aromatic carbocycles. The summed E-state index contributed by atoms with van der Waals surface area (Å²) >= 11 is 0. The van der Waals surface area contributed by atoms with Gasteiger partial charge in [-0.15, -0.1) is 0 Å². The van der Waals surface area contributed by atoms with Crippen molar-refractivity contribution in [3.05, 3.63) is 39.4 Å². The molecule has 0 N–H and O–H groups in total. The van der Waals surface area contributed by atoms with Crippen LogP contribution in [-0.2, 0) is 9.47 Å². The van der Waals surface area contributed by atoms with E-state index >= 15 is 0 Å². The van der Waals surface area contributed by atoms with Crippen molar-refractivity contribution >= 4 is 11.7 Å². The molecule has 2 rings (SSSR count). The lowest BCUT2D eigenvalue weighted by atomic mass is 10.1. The number of nitro groups is 1. The average Bonchev–Trinajstić information content (AvgIpc) is 2.41. The zero-order valence-electron chi connectivity index (χ0n) is 10.3. The number of nitro benzene ring substituents is 1. The molecular formula is C12H11F2NO5. The molecule has 108 valence electrons. The standard InChI is InChI=1S/C12H11F2NO5/c13-7-5-9(11(14)10(6-7)15(17)18)12(16)20-8-1-3-19-4-2-8/h5-6,8H,1-4H2. The maximum atomic E-state index is 13.8. The van der Waals surface area contributed by atoms with Crippen LogP contribution >= 0.6 is 0 Å². The van der Waals surface area contributed by atoms with Crippen LogP contribution in [0.5, 0.6) is 0 Å². The molecule has 1 fully saturated rings. The second-order valence-corrected chi connectivity index (χ2v) is 4.26. The Bertz CT molecular complexity index is 543. The van der Waals surface area contributed by atoms with Gasteiger partial charge in [0, 0.05) is 12.8 Å². The minimum absolute atomic E-state index is 0.406. The molecule has 1 saturated heterocycles. The van der Waals surface area contributed by atoms with Crippen molar-refractivity contribution in [2.24, 2.45) is 0 Å². The van der Waals surface area contributed by atoms with Crippen LogP contribution in [0.1, 0.15) is 23.2 Å². The highest BCUT2D eigenvalue weighted by atomic mass is 19.1. The first-order valence-corrected chi connectivity index (χ1v) is 5.91. The summed E-state index contributed by atoms with van der Waals surface area (Å²) in [6.45, 7) is 0.813. The smallest absolute Gasteiger partial charge is 0.341 e. The number of carbonyl (C=O) groups excluding carboxylic acids is 1. The maximum Gasteiger partial charge on any atom is 0.341 e. The van der Waals surface area contributed by atoms with E-state index in [9.17, 15) is 23.7 Å². The second kappa shape index (κ2) is 5.91. The quantitative estimate of drug-likeness (QED) is 0.484. The minimum Gasteiger partial charge on any atom is -0.459 e. The largest absolute Gasteiger partial charge is 0.459 e. The van der Waals surface area contributed by atoms with Crippen molar-refractivity contribution in [2.45, 2.75) is 18.9 Å². The van der Waals surface area contributed by atoms with Gasteiger partial charge in [-0.3, -0.25) is 10.1 Å². The molecule has 1 aliphatic heterocycles. The summed E-state index contributed by atoms with van der Waals surface area (Å²) in [5.41, 5.74) is -1.87. The second-order valence-electron chi connectivity index (χ2n) is 4.26. The maximum absolute atomic E-state index is 13.8. The summed E-state index contributed by atoms with van der Waals surface area (Å²) in [5, 5.41) is 10.6. The van der Waals surface area contributed by atoms with Gasteiger partial charge in [-0.05, 0) is 6.07 Å². The highest BCUT2D eigenvalue weighted by Crippen LogP contribution is 2.24. The van der Waals surface area contributed by atoms with Gasteiger partial charge >= 0.3 is 11.7 Å². The Balaban J connectivity index is 2.22. The summed E-state index contributed by atoms with van der Waals surface area (Å²) in [6, 6.07) is 1.00. The summed E-state index contributed by atoms with van der Waals surface area (Å²) in [4.78, 5) is 21.2. The molecule has 0 saturated carbocycles. The molecule has 0 aromatic heterocycles. The highest BCUT2D eigenvalue weighted by molar-refractivity contribution is 5.90. The van der Waals surface area contributed by atoms with Gasteiger partial charge in [0.25, 0.3) is 0 Å². The van der Waals surface area contributed by atoms with Crippen LogP contribution in [0.25, 0.3) is 0 Å². The summed E-state index contributed by atoms with van der Waals surface area (Å²) in [6.07, 6.45) is 0.438. The van der Waals surface area contributed by atoms with E-state index in [1.54, 1.807) is 0 Å². The molecule has 20 heavy (non-hydrogen) atoms. The first-order valence-electron chi connectivity index (χ1n) is 5.91. The van der Waals surface area contributed by atoms with E-state index in [1.165, 1.54) is 0 Å². The first-order chi connectivity index (χ1) is 9.49. The third-order valence-corrected chi connectivity index (χ3v) is 2.88. The van der Waals surface area contributed by atoms with Crippen LogP contribution < -0.4 is 0 Å². The van der Waals surface area contributed by atoms with Gasteiger partial charge in [-0.1, -0.05) is 0 Å². The normalized spacial score (nSPS) is 15.9. The van der Waals surface area contributed by atoms with Crippen LogP contribution in [0.4, 0.5) is 14.5 Å². The zero-order valence-corrected chi connectivity index (χ0v) is 10.3. The third kappa shape index (κ3) is 3.08. The number of carbonyl (C=O) groups is 1. The topological polar surface area (TPSA) is 78.7 Å². The van der Waals surface area contributed by atoms with E-state index < -0.39 is 39.9 Å². The molecule has 0 unspecified atom stereocenters. The average molecular weight is 287 g/mol. The fraction of sp³-hybridized carbons (Fsp3) is 0.417. The van der Waals surface area contributed by atoms with Gasteiger partial charge in [0.05, 0.1) is 24.2 Å². The Morgan fingerprint density at radius 2 is 2.00 bits per heavy atom. The number of halogens is 2. The number of benzene rings is 1. The number of esters is 1. The Labute approximate surface area is 112 Å². The van der Waals surface area contributed by atoms with Crippen molar-refractivity contribution in [3.8, 4) is 0 Å². The molecule has 0 aliphatic carbocycles. The van der Waals surface area contributed by atoms with Gasteiger partial charge in [0.15, 0.2) is 0 Å². The zero-order chi connectivity index (χ0) is 14.7. The lowest BCUT2D eigenvalue weighted by Crippen LogP contribution is -2.26. The molecule has 1 aliphatic rings. The summed E-state index contributed by atoms with van der Waals surface area (Å²) < 4.78 is 37.0. The van der Waals surface area contributed by atoms with Crippen molar-refractivity contribution in [1.82, 2.24) is 0 Å². The third-order valence-electron chi connectivity index (χ3n) is 2.88. The van der Waals surface area contributed by atoms with E-state index in [1.807, 2.05) is 0 Å². The van der Waals surface area contributed by atoms with Crippen molar-refractivity contribution in [2.75, 3.05) is 13.2 Å². The monoisotopic (exact) mass is 287 g/mol. The number of hydrogen-bond donors (Lipinski definition) is 0. The van der Waals surface area contributed by atoms with Gasteiger partial charge < -0.3 is 9.47 Å². The fourth-order valence-electron chi connectivity index (χ4n) is 1.86. The van der Waals surface area contributed by atoms with Crippen LogP contribution in [-0.4, -0.2) is 30.2 Å². The Morgan fingerprint density at radius 1 is 1.35 bits per heavy atom. The van der Waals surface area contributed by atoms with Crippen molar-refractivity contribution in [1.29, 1.82) is 0 Å². The molecule has 0 radical (unpaired) electrons. The minimum atomic E-state index is -1.39. The van der Waals surface area contributed by atoms with Crippen LogP contribution in [0.3, 0.4) is 0 Å². The molecule has 0 amide bonds. The van der Waals surface area contributed by atoms with Gasteiger partial charge in [0.2, 0.25) is 5.82 Å². The summed E-state index contributed by atoms with van der Waals surface area (Å²) in [7, 11) is 0. The number of nitrogens with zero attached hydrogens (tertiary/aromatic N) is 1. The van der Waals surface area contributed by atoms with E-state index in [-0.39, 0.29) is 0 Å². The predicted octanol–water partition coefficient (Wildman–Crippen LogP) is 2.21. The van der Waals surface area contributed by atoms with Gasteiger partial charge in [-0.2, -0.15) is 4.39 Å². The van der Waals surface area contributed by atoms with Crippen LogP contribution in [0, 0.1) is 21.7 Å². The van der Waals surface area contributed by atoms with Gasteiger partial charge in [-0.25, -0.2) is 9.18 Å². The Morgan fingerprint density at radius 3 is 2.60 bits per heavy atom.